The van der Waals surface area contributed by atoms with Gasteiger partial charge in [-0.3, -0.25) is 4.79 Å². The van der Waals surface area contributed by atoms with Crippen molar-refractivity contribution in [1.29, 1.82) is 0 Å². The molecule has 6 atom stereocenters. The highest BCUT2D eigenvalue weighted by molar-refractivity contribution is 7.98. The number of ether oxygens (including phenoxy) is 5. The normalized spacial score (nSPS) is 25.4. The van der Waals surface area contributed by atoms with Crippen molar-refractivity contribution in [3.05, 3.63) is 96.1 Å². The third kappa shape index (κ3) is 8.66. The fourth-order valence-electron chi connectivity index (χ4n) is 9.78. The summed E-state index contributed by atoms with van der Waals surface area (Å²) in [5, 5.41) is 24.7. The van der Waals surface area contributed by atoms with Crippen LogP contribution in [0.15, 0.2) is 95.0 Å². The average molecular weight is 839 g/mol. The largest absolute Gasteiger partial charge is 0.459 e. The first-order valence-electron chi connectivity index (χ1n) is 21.6. The molecule has 0 saturated heterocycles. The summed E-state index contributed by atoms with van der Waals surface area (Å²) in [7, 11) is 0. The predicted molar refractivity (Wildman–Crippen MR) is 231 cm³/mol. The Kier molecular flexibility index (Phi) is 13.4. The number of amides is 1. The summed E-state index contributed by atoms with van der Waals surface area (Å²) in [6.45, 7) is 7.27. The number of fused-ring (bicyclic) bond motifs is 3. The van der Waals surface area contributed by atoms with Crippen molar-refractivity contribution >= 4 is 23.4 Å². The SMILES string of the molecule is C=CCOC12Oc3ccc(Oc4ccc(SC)cc4)cc3C3C(CCCCO)C(CCCCO)C=C(C(=NOCC)CC1N(Cc1ccc4c(c1)OCO4)C(=O)C1CC1)C32. The van der Waals surface area contributed by atoms with Crippen LogP contribution in [0.1, 0.15) is 81.8 Å². The second-order valence-corrected chi connectivity index (χ2v) is 17.3. The van der Waals surface area contributed by atoms with E-state index in [4.69, 9.17) is 33.7 Å². The van der Waals surface area contributed by atoms with Crippen LogP contribution in [-0.4, -0.2) is 78.0 Å². The third-order valence-corrected chi connectivity index (χ3v) is 13.4. The number of hydrogen-bond donors (Lipinski definition) is 2. The lowest BCUT2D eigenvalue weighted by atomic mass is 9.55. The second kappa shape index (κ2) is 19.1. The van der Waals surface area contributed by atoms with Gasteiger partial charge in [-0.05, 0) is 129 Å². The molecule has 2 fully saturated rings. The Hall–Kier alpha value is -4.49. The highest BCUT2D eigenvalue weighted by Gasteiger charge is 2.66. The molecular weight excluding hydrogens is 781 g/mol. The van der Waals surface area contributed by atoms with Gasteiger partial charge in [0.15, 0.2) is 11.5 Å². The molecule has 0 spiro atoms. The number of nitrogens with zero attached hydrogens (tertiary/aromatic N) is 2. The fourth-order valence-corrected chi connectivity index (χ4v) is 10.2. The number of benzene rings is 3. The van der Waals surface area contributed by atoms with Gasteiger partial charge < -0.3 is 43.6 Å². The summed E-state index contributed by atoms with van der Waals surface area (Å²) in [6, 6.07) is 19.4. The predicted octanol–water partition coefficient (Wildman–Crippen LogP) is 9.02. The van der Waals surface area contributed by atoms with Crippen LogP contribution in [0.5, 0.6) is 28.7 Å². The number of thioether (sulfide) groups is 1. The van der Waals surface area contributed by atoms with Gasteiger partial charge in [0.1, 0.15) is 29.9 Å². The number of aliphatic hydroxyl groups is 2. The van der Waals surface area contributed by atoms with E-state index in [0.29, 0.717) is 55.4 Å². The first-order chi connectivity index (χ1) is 29.4. The molecule has 6 unspecified atom stereocenters. The number of aliphatic hydroxyl groups excluding tert-OH is 2. The van der Waals surface area contributed by atoms with Gasteiger partial charge in [-0.15, -0.1) is 18.3 Å². The zero-order valence-corrected chi connectivity index (χ0v) is 35.6. The van der Waals surface area contributed by atoms with Gasteiger partial charge in [0.2, 0.25) is 18.5 Å². The minimum absolute atomic E-state index is 0.0572. The van der Waals surface area contributed by atoms with Crippen LogP contribution in [0, 0.1) is 23.7 Å². The molecule has 2 N–H and O–H groups in total. The number of oxime groups is 1. The lowest BCUT2D eigenvalue weighted by Crippen LogP contribution is -2.70. The van der Waals surface area contributed by atoms with Crippen molar-refractivity contribution in [3.63, 3.8) is 0 Å². The first-order valence-corrected chi connectivity index (χ1v) is 22.8. The van der Waals surface area contributed by atoms with Gasteiger partial charge in [0.05, 0.1) is 18.2 Å². The van der Waals surface area contributed by atoms with Crippen LogP contribution in [0.25, 0.3) is 0 Å². The molecule has 5 aliphatic rings. The van der Waals surface area contributed by atoms with E-state index in [1.807, 2.05) is 54.3 Å². The van der Waals surface area contributed by atoms with Crippen LogP contribution >= 0.6 is 11.8 Å². The summed E-state index contributed by atoms with van der Waals surface area (Å²) in [6.07, 6.45) is 13.0. The maximum Gasteiger partial charge on any atom is 0.239 e. The van der Waals surface area contributed by atoms with E-state index in [-0.39, 0.29) is 56.2 Å². The van der Waals surface area contributed by atoms with Crippen molar-refractivity contribution in [1.82, 2.24) is 4.90 Å². The maximum absolute atomic E-state index is 14.8. The molecule has 8 rings (SSSR count). The van der Waals surface area contributed by atoms with Gasteiger partial charge in [-0.2, -0.15) is 0 Å². The third-order valence-electron chi connectivity index (χ3n) is 12.6. The number of rotatable bonds is 20. The van der Waals surface area contributed by atoms with Crippen LogP contribution in [0.2, 0.25) is 0 Å². The van der Waals surface area contributed by atoms with Gasteiger partial charge in [-0.25, -0.2) is 0 Å². The van der Waals surface area contributed by atoms with Crippen molar-refractivity contribution in [2.45, 2.75) is 93.9 Å². The number of hydrogen-bond acceptors (Lipinski definition) is 11. The van der Waals surface area contributed by atoms with Crippen LogP contribution in [0.4, 0.5) is 0 Å². The molecule has 320 valence electrons. The Morgan fingerprint density at radius 2 is 1.72 bits per heavy atom. The zero-order chi connectivity index (χ0) is 41.6. The second-order valence-electron chi connectivity index (χ2n) is 16.4. The number of allylic oxidation sites excluding steroid dienone is 1. The molecule has 60 heavy (non-hydrogen) atoms. The zero-order valence-electron chi connectivity index (χ0n) is 34.8. The molecule has 2 aliphatic heterocycles. The Bertz CT molecular complexity index is 2050. The Morgan fingerprint density at radius 1 is 0.967 bits per heavy atom. The highest BCUT2D eigenvalue weighted by atomic mass is 32.2. The topological polar surface area (TPSA) is 129 Å². The minimum atomic E-state index is -1.34. The lowest BCUT2D eigenvalue weighted by Gasteiger charge is -2.60. The Morgan fingerprint density at radius 3 is 2.45 bits per heavy atom. The standard InChI is InChI=1S/C48H58N2O9S/c1-4-24-56-48-44(50(47(53)32-13-14-32)29-31-12-20-42-43(25-31)55-30-54-42)28-40(49-57-5-2)38-26-33(10-6-8-22-51)37(11-7-9-23-52)45(46(38)48)39-27-35(17-21-41(39)59-48)58-34-15-18-36(60-3)19-16-34/h4,12,15-21,25-27,32-33,37,44-46,51-52H,1,5-11,13-14,22-24,28-30H2,2-3H3. The van der Waals surface area contributed by atoms with Crippen LogP contribution < -0.4 is 18.9 Å². The quantitative estimate of drug-likeness (QED) is 0.0493. The molecule has 0 bridgehead atoms. The van der Waals surface area contributed by atoms with E-state index in [1.165, 1.54) is 0 Å². The van der Waals surface area contributed by atoms with Crippen molar-refractivity contribution < 1.29 is 43.5 Å². The van der Waals surface area contributed by atoms with Crippen molar-refractivity contribution in [2.24, 2.45) is 28.8 Å². The smallest absolute Gasteiger partial charge is 0.239 e. The van der Waals surface area contributed by atoms with Crippen LogP contribution in [0.3, 0.4) is 0 Å². The molecular formula is C48H58N2O9S. The lowest BCUT2D eigenvalue weighted by molar-refractivity contribution is -0.258. The molecule has 1 amide bonds. The van der Waals surface area contributed by atoms with E-state index in [2.05, 4.69) is 37.1 Å². The molecule has 11 nitrogen and oxygen atoms in total. The molecule has 12 heteroatoms. The molecule has 2 heterocycles. The van der Waals surface area contributed by atoms with Gasteiger partial charge in [-0.1, -0.05) is 36.2 Å². The van der Waals surface area contributed by atoms with Gasteiger partial charge in [0.25, 0.3) is 0 Å². The van der Waals surface area contributed by atoms with E-state index >= 15 is 0 Å². The minimum Gasteiger partial charge on any atom is -0.459 e. The molecule has 3 aliphatic carbocycles. The summed E-state index contributed by atoms with van der Waals surface area (Å²) in [4.78, 5) is 23.9. The Labute approximate surface area is 357 Å². The van der Waals surface area contributed by atoms with E-state index in [0.717, 1.165) is 71.6 Å². The van der Waals surface area contributed by atoms with E-state index < -0.39 is 17.7 Å². The molecule has 0 aromatic heterocycles. The number of carbonyl (C=O) groups excluding carboxylic acids is 1. The maximum atomic E-state index is 14.8. The number of carbonyl (C=O) groups is 1. The average Bonchev–Trinajstić information content (AvgIpc) is 4.02. The monoisotopic (exact) mass is 838 g/mol. The molecule has 3 aromatic rings. The summed E-state index contributed by atoms with van der Waals surface area (Å²) in [5.74, 6) is 1.74. The van der Waals surface area contributed by atoms with E-state index in [1.54, 1.807) is 17.8 Å². The van der Waals surface area contributed by atoms with Crippen LogP contribution in [-0.2, 0) is 20.9 Å². The Balaban J connectivity index is 1.31. The first kappa shape index (κ1) is 42.2. The molecule has 3 aromatic carbocycles. The molecule has 0 radical (unpaired) electrons. The summed E-state index contributed by atoms with van der Waals surface area (Å²) >= 11 is 1.68. The van der Waals surface area contributed by atoms with Gasteiger partial charge >= 0.3 is 0 Å². The highest BCUT2D eigenvalue weighted by Crippen LogP contribution is 2.62. The summed E-state index contributed by atoms with van der Waals surface area (Å²) in [5.41, 5.74) is 3.71. The number of unbranched alkanes of at least 4 members (excludes halogenated alkanes) is 2. The fraction of sp³-hybridized carbons (Fsp3) is 0.500. The van der Waals surface area contributed by atoms with Crippen molar-refractivity contribution in [3.8, 4) is 28.7 Å². The van der Waals surface area contributed by atoms with E-state index in [9.17, 15) is 15.0 Å². The van der Waals surface area contributed by atoms with Crippen molar-refractivity contribution in [2.75, 3.05) is 39.5 Å². The molecule has 2 saturated carbocycles. The summed E-state index contributed by atoms with van der Waals surface area (Å²) < 4.78 is 32.6. The van der Waals surface area contributed by atoms with Gasteiger partial charge in [0, 0.05) is 48.5 Å².